The van der Waals surface area contributed by atoms with Crippen LogP contribution in [0.1, 0.15) is 48.8 Å². The molecule has 0 bridgehead atoms. The van der Waals surface area contributed by atoms with Crippen LogP contribution in [0.2, 0.25) is 0 Å². The van der Waals surface area contributed by atoms with Gasteiger partial charge >= 0.3 is 0 Å². The largest absolute Gasteiger partial charge is 0.369 e. The average Bonchev–Trinajstić information content (AvgIpc) is 3.34. The molecular weight excluding hydrogens is 367 g/mol. The summed E-state index contributed by atoms with van der Waals surface area (Å²) in [5.74, 6) is 2.59. The maximum absolute atomic E-state index is 14.7. The lowest BCUT2D eigenvalue weighted by atomic mass is 9.96. The molecule has 4 heterocycles. The van der Waals surface area contributed by atoms with Crippen molar-refractivity contribution in [1.82, 2.24) is 25.0 Å². The Labute approximate surface area is 172 Å². The lowest BCUT2D eigenvalue weighted by molar-refractivity contribution is 0.194. The van der Waals surface area contributed by atoms with Crippen molar-refractivity contribution in [2.75, 3.05) is 44.2 Å². The molecule has 156 valence electrons. The molecule has 29 heavy (non-hydrogen) atoms. The molecule has 2 fully saturated rings. The van der Waals surface area contributed by atoms with Crippen molar-refractivity contribution in [3.8, 4) is 0 Å². The molecule has 6 nitrogen and oxygen atoms in total. The zero-order valence-corrected chi connectivity index (χ0v) is 17.1. The van der Waals surface area contributed by atoms with Gasteiger partial charge in [0.1, 0.15) is 17.5 Å². The summed E-state index contributed by atoms with van der Waals surface area (Å²) < 4.78 is 17.0. The summed E-state index contributed by atoms with van der Waals surface area (Å²) >= 11 is 0. The van der Waals surface area contributed by atoms with E-state index in [0.717, 1.165) is 94.5 Å². The predicted molar refractivity (Wildman–Crippen MR) is 112 cm³/mol. The monoisotopic (exact) mass is 398 g/mol. The number of hydrogen-bond donors (Lipinski definition) is 1. The molecule has 1 aromatic heterocycles. The van der Waals surface area contributed by atoms with Crippen molar-refractivity contribution >= 4 is 5.69 Å². The minimum Gasteiger partial charge on any atom is -0.369 e. The van der Waals surface area contributed by atoms with Crippen molar-refractivity contribution in [2.24, 2.45) is 0 Å². The number of likely N-dealkylation sites (tertiary alicyclic amines) is 1. The highest BCUT2D eigenvalue weighted by Crippen LogP contribution is 2.29. The van der Waals surface area contributed by atoms with Gasteiger partial charge in [-0.15, -0.1) is 10.2 Å². The van der Waals surface area contributed by atoms with Crippen LogP contribution in [-0.2, 0) is 19.5 Å². The molecule has 3 aliphatic heterocycles. The van der Waals surface area contributed by atoms with E-state index in [1.807, 2.05) is 6.07 Å². The van der Waals surface area contributed by atoms with Gasteiger partial charge in [-0.3, -0.25) is 4.90 Å². The molecule has 1 aromatic carbocycles. The summed E-state index contributed by atoms with van der Waals surface area (Å²) in [6.07, 6.45) is 5.59. The van der Waals surface area contributed by atoms with Crippen LogP contribution in [-0.4, -0.2) is 58.9 Å². The Morgan fingerprint density at radius 3 is 2.79 bits per heavy atom. The predicted octanol–water partition coefficient (Wildman–Crippen LogP) is 2.54. The SMILES string of the molecule is Fc1cc(CN2CCCC(c3nnc4n3CCNCC4)C2)ccc1N1CCCC1. The van der Waals surface area contributed by atoms with Crippen LogP contribution in [0.25, 0.3) is 0 Å². The topological polar surface area (TPSA) is 49.2 Å². The van der Waals surface area contributed by atoms with Gasteiger partial charge in [-0.2, -0.15) is 0 Å². The van der Waals surface area contributed by atoms with Gasteiger partial charge in [0.2, 0.25) is 0 Å². The van der Waals surface area contributed by atoms with E-state index in [1.54, 1.807) is 6.07 Å². The molecule has 0 aliphatic carbocycles. The van der Waals surface area contributed by atoms with Crippen LogP contribution in [0, 0.1) is 5.82 Å². The molecule has 2 saturated heterocycles. The van der Waals surface area contributed by atoms with Crippen molar-refractivity contribution < 1.29 is 4.39 Å². The first-order valence-electron chi connectivity index (χ1n) is 11.2. The highest BCUT2D eigenvalue weighted by atomic mass is 19.1. The van der Waals surface area contributed by atoms with E-state index in [-0.39, 0.29) is 5.82 Å². The second kappa shape index (κ2) is 8.40. The first-order chi connectivity index (χ1) is 14.3. The molecule has 0 amide bonds. The van der Waals surface area contributed by atoms with Gasteiger partial charge in [0, 0.05) is 58.2 Å². The molecular formula is C22H31FN6. The zero-order valence-electron chi connectivity index (χ0n) is 17.1. The van der Waals surface area contributed by atoms with Crippen molar-refractivity contribution in [3.63, 3.8) is 0 Å². The van der Waals surface area contributed by atoms with Crippen LogP contribution in [0.3, 0.4) is 0 Å². The molecule has 0 spiro atoms. The maximum atomic E-state index is 14.7. The molecule has 7 heteroatoms. The minimum atomic E-state index is -0.0757. The van der Waals surface area contributed by atoms with Gasteiger partial charge in [0.15, 0.2) is 0 Å². The summed E-state index contributed by atoms with van der Waals surface area (Å²) in [4.78, 5) is 4.62. The molecule has 2 aromatic rings. The van der Waals surface area contributed by atoms with Crippen LogP contribution in [0.15, 0.2) is 18.2 Å². The number of benzene rings is 1. The number of aromatic nitrogens is 3. The molecule has 0 radical (unpaired) electrons. The summed E-state index contributed by atoms with van der Waals surface area (Å²) in [6.45, 7) is 7.71. The summed E-state index contributed by atoms with van der Waals surface area (Å²) in [7, 11) is 0. The fourth-order valence-electron chi connectivity index (χ4n) is 5.13. The molecule has 1 N–H and O–H groups in total. The highest BCUT2D eigenvalue weighted by molar-refractivity contribution is 5.49. The number of hydrogen-bond acceptors (Lipinski definition) is 5. The van der Waals surface area contributed by atoms with Crippen LogP contribution < -0.4 is 10.2 Å². The van der Waals surface area contributed by atoms with Gasteiger partial charge in [-0.25, -0.2) is 4.39 Å². The standard InChI is InChI=1S/C22H31FN6/c23-19-14-17(5-6-20(19)28-11-1-2-12-28)15-27-10-3-4-18(16-27)22-26-25-21-7-8-24-9-13-29(21)22/h5-6,14,18,24H,1-4,7-13,15-16H2. The Hall–Kier alpha value is -1.99. The van der Waals surface area contributed by atoms with Crippen LogP contribution in [0.4, 0.5) is 10.1 Å². The lowest BCUT2D eigenvalue weighted by Crippen LogP contribution is -2.35. The first kappa shape index (κ1) is 19.0. The van der Waals surface area contributed by atoms with E-state index in [0.29, 0.717) is 5.92 Å². The molecule has 0 saturated carbocycles. The van der Waals surface area contributed by atoms with E-state index < -0.39 is 0 Å². The smallest absolute Gasteiger partial charge is 0.146 e. The first-order valence-corrected chi connectivity index (χ1v) is 11.2. The van der Waals surface area contributed by atoms with Gasteiger partial charge < -0.3 is 14.8 Å². The number of nitrogens with zero attached hydrogens (tertiary/aromatic N) is 5. The Morgan fingerprint density at radius 2 is 1.93 bits per heavy atom. The lowest BCUT2D eigenvalue weighted by Gasteiger charge is -2.32. The van der Waals surface area contributed by atoms with Crippen molar-refractivity contribution in [3.05, 3.63) is 41.2 Å². The third-order valence-electron chi connectivity index (χ3n) is 6.63. The third-order valence-corrected chi connectivity index (χ3v) is 6.63. The van der Waals surface area contributed by atoms with Gasteiger partial charge in [-0.05, 0) is 49.9 Å². The Kier molecular flexibility index (Phi) is 5.50. The summed E-state index contributed by atoms with van der Waals surface area (Å²) in [6, 6.07) is 5.82. The number of nitrogens with one attached hydrogen (secondary N) is 1. The van der Waals surface area contributed by atoms with Crippen LogP contribution in [0.5, 0.6) is 0 Å². The Bertz CT molecular complexity index is 844. The second-order valence-corrected chi connectivity index (χ2v) is 8.68. The normalized spacial score (nSPS) is 23.2. The Balaban J connectivity index is 1.27. The second-order valence-electron chi connectivity index (χ2n) is 8.68. The van der Waals surface area contributed by atoms with Gasteiger partial charge in [-0.1, -0.05) is 6.07 Å². The fraction of sp³-hybridized carbons (Fsp3) is 0.636. The van der Waals surface area contributed by atoms with Crippen molar-refractivity contribution in [1.29, 1.82) is 0 Å². The summed E-state index contributed by atoms with van der Waals surface area (Å²) in [5, 5.41) is 12.5. The minimum absolute atomic E-state index is 0.0757. The highest BCUT2D eigenvalue weighted by Gasteiger charge is 2.27. The quantitative estimate of drug-likeness (QED) is 0.858. The number of rotatable bonds is 4. The van der Waals surface area contributed by atoms with E-state index in [1.165, 1.54) is 12.8 Å². The number of halogens is 1. The van der Waals surface area contributed by atoms with E-state index in [2.05, 4.69) is 35.9 Å². The van der Waals surface area contributed by atoms with Gasteiger partial charge in [0.05, 0.1) is 5.69 Å². The fourth-order valence-corrected chi connectivity index (χ4v) is 5.13. The van der Waals surface area contributed by atoms with Crippen molar-refractivity contribution in [2.45, 2.75) is 51.1 Å². The van der Waals surface area contributed by atoms with E-state index >= 15 is 0 Å². The third kappa shape index (κ3) is 4.03. The average molecular weight is 399 g/mol. The number of anilines is 1. The molecule has 5 rings (SSSR count). The number of piperidine rings is 1. The molecule has 1 unspecified atom stereocenters. The molecule has 3 aliphatic rings. The maximum Gasteiger partial charge on any atom is 0.146 e. The molecule has 1 atom stereocenters. The number of fused-ring (bicyclic) bond motifs is 1. The van der Waals surface area contributed by atoms with E-state index in [9.17, 15) is 4.39 Å². The Morgan fingerprint density at radius 1 is 1.03 bits per heavy atom. The van der Waals surface area contributed by atoms with E-state index in [4.69, 9.17) is 0 Å². The van der Waals surface area contributed by atoms with Crippen LogP contribution >= 0.6 is 0 Å². The van der Waals surface area contributed by atoms with Gasteiger partial charge in [0.25, 0.3) is 0 Å². The zero-order chi connectivity index (χ0) is 19.6. The summed E-state index contributed by atoms with van der Waals surface area (Å²) in [5.41, 5.74) is 1.83.